The molecule has 2 aromatic carbocycles. The van der Waals surface area contributed by atoms with E-state index in [-0.39, 0.29) is 11.7 Å². The minimum absolute atomic E-state index is 0.0216. The van der Waals surface area contributed by atoms with Gasteiger partial charge < -0.3 is 19.9 Å². The zero-order valence-corrected chi connectivity index (χ0v) is 15.3. The van der Waals surface area contributed by atoms with E-state index >= 15 is 0 Å². The minimum Gasteiger partial charge on any atom is -0.504 e. The molecule has 2 N–H and O–H groups in total. The number of carbonyl (C=O) groups excluding carboxylic acids is 1. The Morgan fingerprint density at radius 2 is 2.04 bits per heavy atom. The Morgan fingerprint density at radius 1 is 1.22 bits per heavy atom. The number of methoxy groups -OCH3 is 1. The highest BCUT2D eigenvalue weighted by Gasteiger charge is 2.33. The lowest BCUT2D eigenvalue weighted by Crippen LogP contribution is -2.43. The summed E-state index contributed by atoms with van der Waals surface area (Å²) in [4.78, 5) is 17.2. The largest absolute Gasteiger partial charge is 0.504 e. The monoisotopic (exact) mass is 364 g/mol. The van der Waals surface area contributed by atoms with E-state index in [9.17, 15) is 9.90 Å². The number of ether oxygens (including phenoxy) is 2. The van der Waals surface area contributed by atoms with Gasteiger partial charge in [0.1, 0.15) is 11.6 Å². The summed E-state index contributed by atoms with van der Waals surface area (Å²) in [6.45, 7) is 4.24. The average Bonchev–Trinajstić information content (AvgIpc) is 2.66. The van der Waals surface area contributed by atoms with Gasteiger partial charge in [-0.3, -0.25) is 4.79 Å². The number of aliphatic imine (C=N–C) groups is 1. The van der Waals surface area contributed by atoms with Crippen LogP contribution in [0.4, 0.5) is 0 Å². The third-order valence-corrected chi connectivity index (χ3v) is 4.71. The Morgan fingerprint density at radius 3 is 2.78 bits per heavy atom. The van der Waals surface area contributed by atoms with Gasteiger partial charge in [0, 0.05) is 11.1 Å². The number of amidine groups is 1. The Hall–Kier alpha value is -3.28. The topological polar surface area (TPSA) is 80.2 Å². The number of rotatable bonds is 3. The van der Waals surface area contributed by atoms with Crippen LogP contribution in [-0.4, -0.2) is 30.2 Å². The van der Waals surface area contributed by atoms with Crippen molar-refractivity contribution in [2.75, 3.05) is 7.11 Å². The lowest BCUT2D eigenvalue weighted by atomic mass is 9.97. The van der Waals surface area contributed by atoms with Gasteiger partial charge >= 0.3 is 0 Å². The van der Waals surface area contributed by atoms with Gasteiger partial charge in [-0.15, -0.1) is 0 Å². The molecule has 1 atom stereocenters. The van der Waals surface area contributed by atoms with E-state index in [1.54, 1.807) is 12.1 Å². The van der Waals surface area contributed by atoms with Crippen LogP contribution in [0.3, 0.4) is 0 Å². The molecule has 0 radical (unpaired) electrons. The summed E-state index contributed by atoms with van der Waals surface area (Å²) in [5.41, 5.74) is 3.16. The van der Waals surface area contributed by atoms with Crippen LogP contribution in [0.2, 0.25) is 0 Å². The number of aromatic hydroxyl groups is 1. The summed E-state index contributed by atoms with van der Waals surface area (Å²) in [5.74, 6) is 1.55. The molecule has 27 heavy (non-hydrogen) atoms. The van der Waals surface area contributed by atoms with E-state index in [1.807, 2.05) is 24.3 Å². The molecular weight excluding hydrogens is 344 g/mol. The summed E-state index contributed by atoms with van der Waals surface area (Å²) in [6, 6.07) is 10.8. The van der Waals surface area contributed by atoms with E-state index in [4.69, 9.17) is 9.47 Å². The molecule has 0 aliphatic carbocycles. The van der Waals surface area contributed by atoms with Crippen molar-refractivity contribution in [3.05, 3.63) is 58.7 Å². The highest BCUT2D eigenvalue weighted by Crippen LogP contribution is 2.34. The van der Waals surface area contributed by atoms with E-state index < -0.39 is 6.23 Å². The lowest BCUT2D eigenvalue weighted by molar-refractivity contribution is -0.117. The normalized spacial score (nSPS) is 17.9. The second-order valence-corrected chi connectivity index (χ2v) is 6.84. The van der Waals surface area contributed by atoms with Crippen molar-refractivity contribution >= 4 is 17.8 Å². The maximum absolute atomic E-state index is 12.6. The molecule has 4 rings (SSSR count). The van der Waals surface area contributed by atoms with E-state index in [0.29, 0.717) is 34.4 Å². The highest BCUT2D eigenvalue weighted by atomic mass is 16.5. The number of carbonyl (C=O) groups is 1. The van der Waals surface area contributed by atoms with E-state index in [0.717, 1.165) is 5.56 Å². The van der Waals surface area contributed by atoms with Gasteiger partial charge in [-0.1, -0.05) is 19.9 Å². The van der Waals surface area contributed by atoms with Crippen molar-refractivity contribution < 1.29 is 19.4 Å². The Kier molecular flexibility index (Phi) is 4.11. The van der Waals surface area contributed by atoms with E-state index in [1.165, 1.54) is 18.7 Å². The van der Waals surface area contributed by atoms with Gasteiger partial charge in [-0.05, 0) is 47.9 Å². The molecule has 0 spiro atoms. The Bertz CT molecular complexity index is 992. The summed E-state index contributed by atoms with van der Waals surface area (Å²) in [6.07, 6.45) is 1.13. The highest BCUT2D eigenvalue weighted by molar-refractivity contribution is 6.16. The molecule has 1 amide bonds. The van der Waals surface area contributed by atoms with Crippen LogP contribution in [0.15, 0.2) is 47.0 Å². The number of hydrogen-bond donors (Lipinski definition) is 2. The van der Waals surface area contributed by atoms with Crippen LogP contribution in [0, 0.1) is 0 Å². The predicted octanol–water partition coefficient (Wildman–Crippen LogP) is 3.20. The molecule has 0 bridgehead atoms. The Balaban J connectivity index is 1.71. The van der Waals surface area contributed by atoms with Gasteiger partial charge in [-0.25, -0.2) is 4.99 Å². The summed E-state index contributed by atoms with van der Waals surface area (Å²) in [5, 5.41) is 12.6. The number of hydrogen-bond acceptors (Lipinski definition) is 5. The molecule has 0 saturated heterocycles. The van der Waals surface area contributed by atoms with Crippen molar-refractivity contribution in [2.24, 2.45) is 4.99 Å². The summed E-state index contributed by atoms with van der Waals surface area (Å²) >= 11 is 0. The van der Waals surface area contributed by atoms with Crippen LogP contribution in [0.5, 0.6) is 17.2 Å². The molecule has 2 aromatic rings. The Labute approximate surface area is 157 Å². The maximum atomic E-state index is 12.6. The van der Waals surface area contributed by atoms with Crippen LogP contribution in [-0.2, 0) is 4.79 Å². The first kappa shape index (κ1) is 17.1. The fraction of sp³-hybridized carbons (Fsp3) is 0.238. The van der Waals surface area contributed by atoms with Crippen LogP contribution in [0.25, 0.3) is 6.08 Å². The van der Waals surface area contributed by atoms with Crippen LogP contribution < -0.4 is 14.8 Å². The zero-order valence-electron chi connectivity index (χ0n) is 15.3. The van der Waals surface area contributed by atoms with Gasteiger partial charge in [0.15, 0.2) is 11.5 Å². The summed E-state index contributed by atoms with van der Waals surface area (Å²) < 4.78 is 11.1. The molecule has 1 unspecified atom stereocenters. The number of fused-ring (bicyclic) bond motifs is 2. The van der Waals surface area contributed by atoms with Crippen LogP contribution in [0.1, 0.15) is 36.5 Å². The number of benzene rings is 2. The SMILES string of the molecule is COc1cc(C2=NC3Oc4ccc(C(C)C)cc4C=C3C(=O)N2)ccc1O. The molecule has 2 heterocycles. The smallest absolute Gasteiger partial charge is 0.258 e. The molecule has 138 valence electrons. The standard InChI is InChI=1S/C21H20N2O4/c1-11(2)12-5-7-17-14(8-12)9-15-20(25)22-19(23-21(15)27-17)13-4-6-16(24)18(10-13)26-3/h4-11,21,24H,1-3H3,(H,22,23,25). The molecule has 0 aromatic heterocycles. The third-order valence-electron chi connectivity index (χ3n) is 4.71. The molecule has 6 nitrogen and oxygen atoms in total. The number of phenolic OH excluding ortho intramolecular Hbond substituents is 1. The van der Waals surface area contributed by atoms with E-state index in [2.05, 4.69) is 24.2 Å². The second kappa shape index (κ2) is 6.46. The van der Waals surface area contributed by atoms with Crippen molar-refractivity contribution in [1.82, 2.24) is 5.32 Å². The molecule has 2 aliphatic heterocycles. The average molecular weight is 364 g/mol. The maximum Gasteiger partial charge on any atom is 0.258 e. The molecule has 0 fully saturated rings. The van der Waals surface area contributed by atoms with Gasteiger partial charge in [0.2, 0.25) is 6.23 Å². The fourth-order valence-electron chi connectivity index (χ4n) is 3.14. The third kappa shape index (κ3) is 3.03. The van der Waals surface area contributed by atoms with Gasteiger partial charge in [0.05, 0.1) is 12.7 Å². The minimum atomic E-state index is -0.703. The first-order valence-electron chi connectivity index (χ1n) is 8.75. The first-order chi connectivity index (χ1) is 13.0. The number of nitrogens with one attached hydrogen (secondary N) is 1. The number of nitrogens with zero attached hydrogens (tertiary/aromatic N) is 1. The lowest BCUT2D eigenvalue weighted by Gasteiger charge is -2.29. The number of phenols is 1. The summed E-state index contributed by atoms with van der Waals surface area (Å²) in [7, 11) is 1.47. The molecule has 0 saturated carbocycles. The van der Waals surface area contributed by atoms with Gasteiger partial charge in [0.25, 0.3) is 5.91 Å². The zero-order chi connectivity index (χ0) is 19.1. The van der Waals surface area contributed by atoms with Crippen molar-refractivity contribution in [3.8, 4) is 17.2 Å². The number of amides is 1. The van der Waals surface area contributed by atoms with Crippen molar-refractivity contribution in [2.45, 2.75) is 26.0 Å². The molecule has 6 heteroatoms. The molecular formula is C21H20N2O4. The van der Waals surface area contributed by atoms with Crippen molar-refractivity contribution in [1.29, 1.82) is 0 Å². The van der Waals surface area contributed by atoms with Crippen LogP contribution >= 0.6 is 0 Å². The second-order valence-electron chi connectivity index (χ2n) is 6.84. The first-order valence-corrected chi connectivity index (χ1v) is 8.75. The quantitative estimate of drug-likeness (QED) is 0.876. The van der Waals surface area contributed by atoms with Gasteiger partial charge in [-0.2, -0.15) is 0 Å². The predicted molar refractivity (Wildman–Crippen MR) is 102 cm³/mol. The van der Waals surface area contributed by atoms with Crippen molar-refractivity contribution in [3.63, 3.8) is 0 Å². The fourth-order valence-corrected chi connectivity index (χ4v) is 3.14. The molecule has 2 aliphatic rings.